The first-order chi connectivity index (χ1) is 13.0. The van der Waals surface area contributed by atoms with Crippen LogP contribution in [0.2, 0.25) is 0 Å². The number of amides is 2. The third-order valence-electron chi connectivity index (χ3n) is 3.67. The third-order valence-corrected chi connectivity index (χ3v) is 8.32. The van der Waals surface area contributed by atoms with Gasteiger partial charge < -0.3 is 15.1 Å². The molecule has 142 valence electrons. The standard InChI is InChI=1S/C17H16N2O5S3/c20-16(18-10-12-4-1-7-24-12)17(21)19-11-14(13-5-2-8-25-13)27(22,23)15-6-3-9-26-15/h1-9,14H,10-11H2,(H,18,20)(H,19,21)/t14-/m1/s1. The van der Waals surface area contributed by atoms with Gasteiger partial charge in [0.05, 0.1) is 12.8 Å². The Hall–Kier alpha value is -2.43. The maximum Gasteiger partial charge on any atom is 0.309 e. The summed E-state index contributed by atoms with van der Waals surface area (Å²) < 4.78 is 31.1. The van der Waals surface area contributed by atoms with Gasteiger partial charge in [0.2, 0.25) is 0 Å². The Morgan fingerprint density at radius 1 is 1.00 bits per heavy atom. The van der Waals surface area contributed by atoms with Crippen molar-refractivity contribution in [1.29, 1.82) is 0 Å². The van der Waals surface area contributed by atoms with Crippen LogP contribution in [0.3, 0.4) is 0 Å². The van der Waals surface area contributed by atoms with E-state index in [0.717, 1.165) is 11.3 Å². The predicted octanol–water partition coefficient (Wildman–Crippen LogP) is 2.35. The second-order valence-corrected chi connectivity index (χ2v) is 9.74. The van der Waals surface area contributed by atoms with Crippen LogP contribution in [0.15, 0.2) is 62.0 Å². The lowest BCUT2D eigenvalue weighted by Gasteiger charge is -2.16. The van der Waals surface area contributed by atoms with E-state index < -0.39 is 26.9 Å². The van der Waals surface area contributed by atoms with Crippen LogP contribution in [0.5, 0.6) is 0 Å². The fourth-order valence-corrected chi connectivity index (χ4v) is 6.32. The van der Waals surface area contributed by atoms with E-state index in [2.05, 4.69) is 10.6 Å². The van der Waals surface area contributed by atoms with Crippen LogP contribution < -0.4 is 10.6 Å². The summed E-state index contributed by atoms with van der Waals surface area (Å²) in [5.74, 6) is -1.25. The molecule has 0 spiro atoms. The zero-order chi connectivity index (χ0) is 19.3. The number of hydrogen-bond donors (Lipinski definition) is 2. The van der Waals surface area contributed by atoms with Gasteiger partial charge in [-0.15, -0.1) is 22.7 Å². The minimum absolute atomic E-state index is 0.0705. The second-order valence-electron chi connectivity index (χ2n) is 5.45. The zero-order valence-electron chi connectivity index (χ0n) is 14.0. The molecule has 0 aliphatic rings. The summed E-state index contributed by atoms with van der Waals surface area (Å²) in [5, 5.41) is 7.33. The fourth-order valence-electron chi connectivity index (χ4n) is 2.33. The van der Waals surface area contributed by atoms with Gasteiger partial charge in [-0.2, -0.15) is 0 Å². The lowest BCUT2D eigenvalue weighted by atomic mass is 10.3. The molecule has 10 heteroatoms. The summed E-state index contributed by atoms with van der Waals surface area (Å²) in [6.07, 6.45) is 1.46. The molecule has 0 bridgehead atoms. The maximum absolute atomic E-state index is 12.9. The van der Waals surface area contributed by atoms with Gasteiger partial charge >= 0.3 is 11.8 Å². The zero-order valence-corrected chi connectivity index (χ0v) is 16.4. The van der Waals surface area contributed by atoms with Crippen molar-refractivity contribution in [2.45, 2.75) is 16.0 Å². The minimum atomic E-state index is -3.68. The molecule has 0 saturated carbocycles. The van der Waals surface area contributed by atoms with Gasteiger partial charge in [-0.1, -0.05) is 12.1 Å². The first-order valence-corrected chi connectivity index (χ1v) is 11.2. The van der Waals surface area contributed by atoms with Crippen LogP contribution in [-0.2, 0) is 26.0 Å². The van der Waals surface area contributed by atoms with Crippen LogP contribution in [0.1, 0.15) is 15.9 Å². The summed E-state index contributed by atoms with van der Waals surface area (Å²) in [6.45, 7) is -0.130. The topological polar surface area (TPSA) is 105 Å². The molecule has 7 nitrogen and oxygen atoms in total. The molecule has 3 rings (SSSR count). The first-order valence-electron chi connectivity index (χ1n) is 7.87. The summed E-state index contributed by atoms with van der Waals surface area (Å²) in [7, 11) is -3.68. The van der Waals surface area contributed by atoms with Gasteiger partial charge in [0.15, 0.2) is 9.84 Å². The largest absolute Gasteiger partial charge is 0.467 e. The van der Waals surface area contributed by atoms with E-state index in [4.69, 9.17) is 4.42 Å². The van der Waals surface area contributed by atoms with E-state index in [0.29, 0.717) is 10.6 Å². The number of thiophene rings is 2. The average molecular weight is 425 g/mol. The third kappa shape index (κ3) is 4.65. The van der Waals surface area contributed by atoms with Crippen molar-refractivity contribution in [2.24, 2.45) is 0 Å². The summed E-state index contributed by atoms with van der Waals surface area (Å²) >= 11 is 2.40. The van der Waals surface area contributed by atoms with E-state index in [9.17, 15) is 18.0 Å². The van der Waals surface area contributed by atoms with E-state index in [1.54, 1.807) is 41.1 Å². The molecule has 3 aromatic heterocycles. The minimum Gasteiger partial charge on any atom is -0.467 e. The molecule has 0 saturated heterocycles. The summed E-state index contributed by atoms with van der Waals surface area (Å²) in [4.78, 5) is 24.6. The van der Waals surface area contributed by atoms with Gasteiger partial charge in [-0.3, -0.25) is 9.59 Å². The molecule has 0 unspecified atom stereocenters. The number of nitrogens with one attached hydrogen (secondary N) is 2. The Kier molecular flexibility index (Phi) is 6.09. The smallest absolute Gasteiger partial charge is 0.309 e. The molecule has 3 aromatic rings. The Morgan fingerprint density at radius 2 is 1.74 bits per heavy atom. The van der Waals surface area contributed by atoms with Crippen LogP contribution in [0.4, 0.5) is 0 Å². The van der Waals surface area contributed by atoms with Crippen molar-refractivity contribution in [3.05, 3.63) is 64.1 Å². The van der Waals surface area contributed by atoms with E-state index >= 15 is 0 Å². The highest BCUT2D eigenvalue weighted by atomic mass is 32.2. The highest BCUT2D eigenvalue weighted by molar-refractivity contribution is 7.93. The first kappa shape index (κ1) is 19.3. The quantitative estimate of drug-likeness (QED) is 0.567. The molecular weight excluding hydrogens is 408 g/mol. The van der Waals surface area contributed by atoms with Crippen molar-refractivity contribution in [2.75, 3.05) is 6.54 Å². The molecular formula is C17H16N2O5S3. The Balaban J connectivity index is 1.66. The molecule has 0 radical (unpaired) electrons. The van der Waals surface area contributed by atoms with Crippen molar-refractivity contribution >= 4 is 44.3 Å². The average Bonchev–Trinajstić information content (AvgIpc) is 3.42. The van der Waals surface area contributed by atoms with Crippen molar-refractivity contribution in [3.63, 3.8) is 0 Å². The Labute approximate surface area is 163 Å². The Morgan fingerprint density at radius 3 is 2.37 bits per heavy atom. The van der Waals surface area contributed by atoms with Gasteiger partial charge in [-0.05, 0) is 35.0 Å². The van der Waals surface area contributed by atoms with E-state index in [1.165, 1.54) is 23.7 Å². The molecule has 27 heavy (non-hydrogen) atoms. The maximum atomic E-state index is 12.9. The summed E-state index contributed by atoms with van der Waals surface area (Å²) in [6, 6.07) is 9.96. The van der Waals surface area contributed by atoms with Gasteiger partial charge in [0.25, 0.3) is 0 Å². The van der Waals surface area contributed by atoms with Crippen molar-refractivity contribution in [1.82, 2.24) is 10.6 Å². The monoisotopic (exact) mass is 424 g/mol. The van der Waals surface area contributed by atoms with Crippen LogP contribution in [0, 0.1) is 0 Å². The molecule has 0 aliphatic carbocycles. The predicted molar refractivity (Wildman–Crippen MR) is 102 cm³/mol. The Bertz CT molecular complexity index is 978. The SMILES string of the molecule is O=C(NCc1ccco1)C(=O)NC[C@H](c1cccs1)S(=O)(=O)c1cccs1. The number of furan rings is 1. The molecule has 2 amide bonds. The van der Waals surface area contributed by atoms with Crippen molar-refractivity contribution < 1.29 is 22.4 Å². The lowest BCUT2D eigenvalue weighted by molar-refractivity contribution is -0.139. The van der Waals surface area contributed by atoms with Crippen LogP contribution >= 0.6 is 22.7 Å². The van der Waals surface area contributed by atoms with Gasteiger partial charge in [-0.25, -0.2) is 8.42 Å². The number of sulfone groups is 1. The highest BCUT2D eigenvalue weighted by Gasteiger charge is 2.31. The number of carbonyl (C=O) groups is 2. The summed E-state index contributed by atoms with van der Waals surface area (Å²) in [5.41, 5.74) is 0. The molecule has 0 aromatic carbocycles. The molecule has 0 fully saturated rings. The van der Waals surface area contributed by atoms with Crippen LogP contribution in [0.25, 0.3) is 0 Å². The number of rotatable bonds is 7. The van der Waals surface area contributed by atoms with Gasteiger partial charge in [0.1, 0.15) is 15.2 Å². The van der Waals surface area contributed by atoms with Crippen molar-refractivity contribution in [3.8, 4) is 0 Å². The van der Waals surface area contributed by atoms with E-state index in [1.807, 2.05) is 0 Å². The lowest BCUT2D eigenvalue weighted by Crippen LogP contribution is -2.41. The highest BCUT2D eigenvalue weighted by Crippen LogP contribution is 2.33. The number of carbonyl (C=O) groups excluding carboxylic acids is 2. The molecule has 2 N–H and O–H groups in total. The molecule has 0 aliphatic heterocycles. The van der Waals surface area contributed by atoms with E-state index in [-0.39, 0.29) is 17.3 Å². The number of hydrogen-bond acceptors (Lipinski definition) is 7. The normalized spacial score (nSPS) is 12.4. The second kappa shape index (κ2) is 8.51. The van der Waals surface area contributed by atoms with Gasteiger partial charge in [0, 0.05) is 11.4 Å². The van der Waals surface area contributed by atoms with Crippen LogP contribution in [-0.4, -0.2) is 26.8 Å². The molecule has 1 atom stereocenters. The molecule has 3 heterocycles. The fraction of sp³-hybridized carbons (Fsp3) is 0.176.